The molecule has 4 aliphatic heterocycles. The molecule has 4 saturated heterocycles. The first kappa shape index (κ1) is 24.1. The number of hydrogen-bond acceptors (Lipinski definition) is 6. The van der Waals surface area contributed by atoms with Crippen molar-refractivity contribution in [2.45, 2.75) is 95.2 Å². The van der Waals surface area contributed by atoms with Crippen LogP contribution in [0.5, 0.6) is 0 Å². The summed E-state index contributed by atoms with van der Waals surface area (Å²) in [5.74, 6) is 0.158. The van der Waals surface area contributed by atoms with E-state index >= 15 is 0 Å². The number of amides is 2. The van der Waals surface area contributed by atoms with Gasteiger partial charge in [0.15, 0.2) is 0 Å². The lowest BCUT2D eigenvalue weighted by molar-refractivity contribution is -0.128. The molecular weight excluding hydrogens is 436 g/mol. The number of nitrogens with one attached hydrogen (secondary N) is 1. The van der Waals surface area contributed by atoms with Gasteiger partial charge in [0.25, 0.3) is 0 Å². The smallest absolute Gasteiger partial charge is 0.410 e. The number of rotatable bonds is 5. The van der Waals surface area contributed by atoms with E-state index in [2.05, 4.69) is 32.2 Å². The van der Waals surface area contributed by atoms with Crippen molar-refractivity contribution >= 4 is 12.0 Å². The SMILES string of the molecule is CO[C@@H]1[C@H](OC(=O)N2CCC3(CCNC(=O)C3)CC2)CC[C@]2(CO2)[C@H]1[C@@]1(C)O[C@@H]1CC=C(C)C. The molecule has 8 nitrogen and oxygen atoms in total. The number of ether oxygens (including phenoxy) is 4. The lowest BCUT2D eigenvalue weighted by atomic mass is 9.68. The Morgan fingerprint density at radius 1 is 1.24 bits per heavy atom. The van der Waals surface area contributed by atoms with Gasteiger partial charge in [0.2, 0.25) is 5.91 Å². The van der Waals surface area contributed by atoms with E-state index in [0.717, 1.165) is 45.1 Å². The molecule has 34 heavy (non-hydrogen) atoms. The molecule has 1 N–H and O–H groups in total. The fourth-order valence-corrected chi connectivity index (χ4v) is 6.82. The van der Waals surface area contributed by atoms with Crippen LogP contribution >= 0.6 is 0 Å². The zero-order valence-electron chi connectivity index (χ0n) is 21.1. The highest BCUT2D eigenvalue weighted by Crippen LogP contribution is 2.59. The van der Waals surface area contributed by atoms with E-state index < -0.39 is 0 Å². The van der Waals surface area contributed by atoms with Gasteiger partial charge in [-0.3, -0.25) is 4.79 Å². The van der Waals surface area contributed by atoms with Crippen LogP contribution in [-0.2, 0) is 23.7 Å². The number of likely N-dealkylation sites (tertiary alicyclic amines) is 1. The normalized spacial score (nSPS) is 40.6. The minimum atomic E-state index is -0.340. The second kappa shape index (κ2) is 8.79. The molecule has 0 aromatic rings. The van der Waals surface area contributed by atoms with Crippen molar-refractivity contribution in [1.29, 1.82) is 0 Å². The van der Waals surface area contributed by atoms with E-state index in [4.69, 9.17) is 18.9 Å². The van der Waals surface area contributed by atoms with E-state index in [1.165, 1.54) is 5.57 Å². The lowest BCUT2D eigenvalue weighted by Gasteiger charge is -2.45. The van der Waals surface area contributed by atoms with Crippen LogP contribution < -0.4 is 5.32 Å². The van der Waals surface area contributed by atoms with Crippen molar-refractivity contribution in [3.63, 3.8) is 0 Å². The monoisotopic (exact) mass is 476 g/mol. The van der Waals surface area contributed by atoms with Gasteiger partial charge in [-0.2, -0.15) is 0 Å². The summed E-state index contributed by atoms with van der Waals surface area (Å²) in [5, 5.41) is 2.92. The molecule has 1 aliphatic carbocycles. The van der Waals surface area contributed by atoms with Gasteiger partial charge >= 0.3 is 6.09 Å². The van der Waals surface area contributed by atoms with Crippen molar-refractivity contribution in [2.24, 2.45) is 11.3 Å². The van der Waals surface area contributed by atoms with E-state index in [-0.39, 0.29) is 52.8 Å². The van der Waals surface area contributed by atoms with Crippen molar-refractivity contribution in [2.75, 3.05) is 33.4 Å². The summed E-state index contributed by atoms with van der Waals surface area (Å²) in [6.45, 7) is 9.09. The standard InChI is InChI=1S/C26H40N2O6/c1-17(2)5-6-19-24(3,34-19)22-21(31-4)18(7-8-26(22)16-32-26)33-23(30)28-13-10-25(11-14-28)9-12-27-20(29)15-25/h5,18-19,21-22H,6-16H2,1-4H3,(H,27,29)/t18-,19-,21-,22-,24+,26+/m1/s1. The van der Waals surface area contributed by atoms with Crippen LogP contribution in [0.15, 0.2) is 11.6 Å². The van der Waals surface area contributed by atoms with Gasteiger partial charge in [0, 0.05) is 33.2 Å². The maximum atomic E-state index is 13.2. The zero-order chi connectivity index (χ0) is 24.1. The van der Waals surface area contributed by atoms with Gasteiger partial charge in [0.05, 0.1) is 18.6 Å². The fraction of sp³-hybridized carbons (Fsp3) is 0.846. The molecule has 5 fully saturated rings. The summed E-state index contributed by atoms with van der Waals surface area (Å²) < 4.78 is 24.4. The topological polar surface area (TPSA) is 92.9 Å². The molecule has 190 valence electrons. The average Bonchev–Trinajstić information content (AvgIpc) is 3.71. The third-order valence-electron chi connectivity index (χ3n) is 9.08. The lowest BCUT2D eigenvalue weighted by Crippen LogP contribution is -2.56. The van der Waals surface area contributed by atoms with Crippen LogP contribution in [0.2, 0.25) is 0 Å². The first-order valence-corrected chi connectivity index (χ1v) is 12.9. The summed E-state index contributed by atoms with van der Waals surface area (Å²) in [4.78, 5) is 26.9. The zero-order valence-corrected chi connectivity index (χ0v) is 21.1. The third kappa shape index (κ3) is 4.37. The minimum absolute atomic E-state index is 0.0255. The van der Waals surface area contributed by atoms with Crippen LogP contribution in [0.25, 0.3) is 0 Å². The van der Waals surface area contributed by atoms with Crippen molar-refractivity contribution in [1.82, 2.24) is 10.2 Å². The summed E-state index contributed by atoms with van der Waals surface area (Å²) in [6, 6.07) is 0. The number of piperidine rings is 2. The molecule has 5 rings (SSSR count). The highest BCUT2D eigenvalue weighted by molar-refractivity contribution is 5.77. The number of nitrogens with zero attached hydrogens (tertiary/aromatic N) is 1. The molecule has 5 aliphatic rings. The molecule has 0 radical (unpaired) electrons. The van der Waals surface area contributed by atoms with Gasteiger partial charge in [-0.1, -0.05) is 11.6 Å². The summed E-state index contributed by atoms with van der Waals surface area (Å²) in [5.41, 5.74) is 0.758. The van der Waals surface area contributed by atoms with E-state index in [0.29, 0.717) is 26.1 Å². The Kier molecular flexibility index (Phi) is 6.22. The number of carbonyl (C=O) groups excluding carboxylic acids is 2. The fourth-order valence-electron chi connectivity index (χ4n) is 6.82. The molecule has 8 heteroatoms. The average molecular weight is 477 g/mol. The number of allylic oxidation sites excluding steroid dienone is 1. The van der Waals surface area contributed by atoms with Crippen LogP contribution in [0.3, 0.4) is 0 Å². The van der Waals surface area contributed by atoms with Crippen LogP contribution in [0.1, 0.15) is 65.7 Å². The summed E-state index contributed by atoms with van der Waals surface area (Å²) >= 11 is 0. The molecule has 1 saturated carbocycles. The van der Waals surface area contributed by atoms with E-state index in [9.17, 15) is 9.59 Å². The third-order valence-corrected chi connectivity index (χ3v) is 9.08. The second-order valence-corrected chi connectivity index (χ2v) is 11.6. The predicted octanol–water partition coefficient (Wildman–Crippen LogP) is 3.19. The highest BCUT2D eigenvalue weighted by Gasteiger charge is 2.72. The number of epoxide rings is 2. The predicted molar refractivity (Wildman–Crippen MR) is 125 cm³/mol. The van der Waals surface area contributed by atoms with Gasteiger partial charge < -0.3 is 29.2 Å². The van der Waals surface area contributed by atoms with Crippen LogP contribution in [0, 0.1) is 11.3 Å². The first-order valence-electron chi connectivity index (χ1n) is 12.9. The van der Waals surface area contributed by atoms with Crippen LogP contribution in [0.4, 0.5) is 4.79 Å². The molecule has 0 unspecified atom stereocenters. The van der Waals surface area contributed by atoms with Crippen molar-refractivity contribution in [3.05, 3.63) is 11.6 Å². The second-order valence-electron chi connectivity index (χ2n) is 11.6. The Balaban J connectivity index is 1.23. The number of hydrogen-bond donors (Lipinski definition) is 1. The van der Waals surface area contributed by atoms with E-state index in [1.807, 2.05) is 4.90 Å². The molecule has 4 heterocycles. The molecule has 2 spiro atoms. The highest BCUT2D eigenvalue weighted by atomic mass is 16.6. The van der Waals surface area contributed by atoms with Crippen LogP contribution in [-0.4, -0.2) is 79.8 Å². The van der Waals surface area contributed by atoms with Gasteiger partial charge in [-0.25, -0.2) is 4.79 Å². The molecule has 0 aromatic carbocycles. The molecule has 2 amide bonds. The molecular formula is C26H40N2O6. The van der Waals surface area contributed by atoms with Crippen molar-refractivity contribution in [3.8, 4) is 0 Å². The number of carbonyl (C=O) groups is 2. The van der Waals surface area contributed by atoms with Gasteiger partial charge in [-0.15, -0.1) is 0 Å². The van der Waals surface area contributed by atoms with E-state index in [1.54, 1.807) is 7.11 Å². The summed E-state index contributed by atoms with van der Waals surface area (Å²) in [7, 11) is 1.70. The Morgan fingerprint density at radius 2 is 1.97 bits per heavy atom. The first-order chi connectivity index (χ1) is 16.2. The Hall–Kier alpha value is -1.64. The van der Waals surface area contributed by atoms with Gasteiger partial charge in [0.1, 0.15) is 23.4 Å². The molecule has 6 atom stereocenters. The summed E-state index contributed by atoms with van der Waals surface area (Å²) in [6.07, 6.45) is 7.22. The molecule has 0 aromatic heterocycles. The Bertz CT molecular complexity index is 842. The van der Waals surface area contributed by atoms with Gasteiger partial charge in [-0.05, 0) is 64.7 Å². The maximum Gasteiger partial charge on any atom is 0.410 e. The quantitative estimate of drug-likeness (QED) is 0.484. The minimum Gasteiger partial charge on any atom is -0.443 e. The Labute approximate surface area is 202 Å². The Morgan fingerprint density at radius 3 is 2.59 bits per heavy atom. The van der Waals surface area contributed by atoms with Crippen molar-refractivity contribution < 1.29 is 28.5 Å². The maximum absolute atomic E-state index is 13.2. The number of methoxy groups -OCH3 is 1. The largest absolute Gasteiger partial charge is 0.443 e. The molecule has 0 bridgehead atoms.